The summed E-state index contributed by atoms with van der Waals surface area (Å²) in [6, 6.07) is 0. The molecule has 0 atom stereocenters. The van der Waals surface area contributed by atoms with Crippen molar-refractivity contribution in [1.29, 1.82) is 0 Å². The summed E-state index contributed by atoms with van der Waals surface area (Å²) in [7, 11) is 0. The average molecular weight is 242 g/mol. The molecule has 0 radical (unpaired) electrons. The van der Waals surface area contributed by atoms with Crippen LogP contribution in [0.4, 0.5) is 0 Å². The predicted molar refractivity (Wildman–Crippen MR) is 40.8 cm³/mol. The molecule has 2 amide bonds. The minimum Gasteiger partial charge on any atom is -0.274 e. The molecule has 0 aliphatic heterocycles. The Kier molecular flexibility index (Phi) is 4.37. The van der Waals surface area contributed by atoms with Crippen molar-refractivity contribution in [3.63, 3.8) is 0 Å². The SMILES string of the molecule is CC(=O)NNC(=O)CI. The second kappa shape index (κ2) is 4.54. The van der Waals surface area contributed by atoms with Crippen LogP contribution in [0.25, 0.3) is 0 Å². The van der Waals surface area contributed by atoms with E-state index in [1.54, 1.807) is 0 Å². The zero-order valence-corrected chi connectivity index (χ0v) is 7.06. The highest BCUT2D eigenvalue weighted by Gasteiger charge is 1.95. The molecule has 0 heterocycles. The van der Waals surface area contributed by atoms with Crippen molar-refractivity contribution in [2.24, 2.45) is 0 Å². The lowest BCUT2D eigenvalue weighted by molar-refractivity contribution is -0.126. The normalized spacial score (nSPS) is 8.22. The highest BCUT2D eigenvalue weighted by Crippen LogP contribution is 1.76. The van der Waals surface area contributed by atoms with E-state index in [0.717, 1.165) is 0 Å². The van der Waals surface area contributed by atoms with E-state index >= 15 is 0 Å². The zero-order valence-electron chi connectivity index (χ0n) is 4.90. The van der Waals surface area contributed by atoms with Gasteiger partial charge in [0.15, 0.2) is 0 Å². The summed E-state index contributed by atoms with van der Waals surface area (Å²) in [5.74, 6) is -0.473. The Balaban J connectivity index is 3.28. The summed E-state index contributed by atoms with van der Waals surface area (Å²) in [5, 5.41) is 0. The lowest BCUT2D eigenvalue weighted by atomic mass is 10.7. The predicted octanol–water partition coefficient (Wildman–Crippen LogP) is -0.411. The van der Waals surface area contributed by atoms with E-state index in [4.69, 9.17) is 0 Å². The van der Waals surface area contributed by atoms with E-state index in [-0.39, 0.29) is 11.8 Å². The molecule has 5 heteroatoms. The molecule has 0 saturated carbocycles. The lowest BCUT2D eigenvalue weighted by Gasteiger charge is -1.99. The van der Waals surface area contributed by atoms with Crippen LogP contribution in [0.1, 0.15) is 6.92 Å². The van der Waals surface area contributed by atoms with Crippen LogP contribution >= 0.6 is 22.6 Å². The van der Waals surface area contributed by atoms with E-state index in [2.05, 4.69) is 10.9 Å². The van der Waals surface area contributed by atoms with Crippen molar-refractivity contribution in [2.75, 3.05) is 4.43 Å². The minimum atomic E-state index is -0.270. The van der Waals surface area contributed by atoms with Gasteiger partial charge in [-0.15, -0.1) is 0 Å². The Morgan fingerprint density at radius 2 is 2.00 bits per heavy atom. The summed E-state index contributed by atoms with van der Waals surface area (Å²) in [5.41, 5.74) is 4.34. The van der Waals surface area contributed by atoms with Gasteiger partial charge in [0, 0.05) is 6.92 Å². The molecule has 4 nitrogen and oxygen atoms in total. The maximum atomic E-state index is 10.4. The number of nitrogens with one attached hydrogen (secondary N) is 2. The van der Waals surface area contributed by atoms with Crippen LogP contribution < -0.4 is 10.9 Å². The number of hydrazine groups is 1. The van der Waals surface area contributed by atoms with Gasteiger partial charge in [-0.1, -0.05) is 22.6 Å². The number of amides is 2. The summed E-state index contributed by atoms with van der Waals surface area (Å²) in [6.07, 6.45) is 0. The number of carbonyl (C=O) groups is 2. The monoisotopic (exact) mass is 242 g/mol. The fraction of sp³-hybridized carbons (Fsp3) is 0.500. The fourth-order valence-electron chi connectivity index (χ4n) is 0.191. The number of rotatable bonds is 1. The van der Waals surface area contributed by atoms with Crippen LogP contribution in [0.3, 0.4) is 0 Å². The van der Waals surface area contributed by atoms with Crippen molar-refractivity contribution in [1.82, 2.24) is 10.9 Å². The number of alkyl halides is 1. The second-order valence-electron chi connectivity index (χ2n) is 1.36. The van der Waals surface area contributed by atoms with E-state index in [9.17, 15) is 9.59 Å². The third-order valence-corrected chi connectivity index (χ3v) is 1.19. The first-order valence-electron chi connectivity index (χ1n) is 2.28. The quantitative estimate of drug-likeness (QED) is 0.373. The summed E-state index contributed by atoms with van der Waals surface area (Å²) < 4.78 is 0.345. The third kappa shape index (κ3) is 5.54. The number of carbonyl (C=O) groups excluding carboxylic acids is 2. The highest BCUT2D eigenvalue weighted by molar-refractivity contribution is 14.1. The van der Waals surface area contributed by atoms with Gasteiger partial charge < -0.3 is 0 Å². The van der Waals surface area contributed by atoms with Crippen LogP contribution in [0.2, 0.25) is 0 Å². The van der Waals surface area contributed by atoms with Gasteiger partial charge >= 0.3 is 0 Å². The Labute approximate surface area is 66.5 Å². The van der Waals surface area contributed by atoms with Gasteiger partial charge in [0.05, 0.1) is 4.43 Å². The minimum absolute atomic E-state index is 0.203. The van der Waals surface area contributed by atoms with Crippen LogP contribution in [0, 0.1) is 0 Å². The molecule has 0 rings (SSSR count). The molecule has 0 spiro atoms. The molecular weight excluding hydrogens is 235 g/mol. The van der Waals surface area contributed by atoms with Crippen LogP contribution in [-0.2, 0) is 9.59 Å². The van der Waals surface area contributed by atoms with Crippen molar-refractivity contribution in [2.45, 2.75) is 6.92 Å². The molecule has 52 valence electrons. The number of hydrogen-bond donors (Lipinski definition) is 2. The Morgan fingerprint density at radius 3 is 2.33 bits per heavy atom. The number of hydrogen-bond acceptors (Lipinski definition) is 2. The smallest absolute Gasteiger partial charge is 0.248 e. The van der Waals surface area contributed by atoms with Gasteiger partial charge in [-0.2, -0.15) is 0 Å². The Morgan fingerprint density at radius 1 is 1.44 bits per heavy atom. The average Bonchev–Trinajstić information content (AvgIpc) is 1.83. The molecule has 0 aliphatic rings. The molecule has 0 aliphatic carbocycles. The van der Waals surface area contributed by atoms with Gasteiger partial charge in [0.25, 0.3) is 0 Å². The van der Waals surface area contributed by atoms with Crippen molar-refractivity contribution >= 4 is 34.4 Å². The van der Waals surface area contributed by atoms with Gasteiger partial charge in [-0.3, -0.25) is 20.4 Å². The van der Waals surface area contributed by atoms with Gasteiger partial charge in [0.1, 0.15) is 0 Å². The maximum Gasteiger partial charge on any atom is 0.248 e. The van der Waals surface area contributed by atoms with Gasteiger partial charge in [0.2, 0.25) is 11.8 Å². The Bertz CT molecular complexity index is 126. The maximum absolute atomic E-state index is 10.4. The highest BCUT2D eigenvalue weighted by atomic mass is 127. The molecule has 2 N–H and O–H groups in total. The van der Waals surface area contributed by atoms with E-state index in [1.807, 2.05) is 22.6 Å². The van der Waals surface area contributed by atoms with Crippen LogP contribution in [-0.4, -0.2) is 16.2 Å². The van der Waals surface area contributed by atoms with Crippen molar-refractivity contribution < 1.29 is 9.59 Å². The van der Waals surface area contributed by atoms with E-state index < -0.39 is 0 Å². The molecule has 0 bridgehead atoms. The molecule has 0 fully saturated rings. The topological polar surface area (TPSA) is 58.2 Å². The lowest BCUT2D eigenvalue weighted by Crippen LogP contribution is -2.40. The third-order valence-electron chi connectivity index (χ3n) is 0.499. The van der Waals surface area contributed by atoms with Crippen molar-refractivity contribution in [3.8, 4) is 0 Å². The van der Waals surface area contributed by atoms with E-state index in [1.165, 1.54) is 6.92 Å². The number of halogens is 1. The largest absolute Gasteiger partial charge is 0.274 e. The van der Waals surface area contributed by atoms with E-state index in [0.29, 0.717) is 4.43 Å². The molecular formula is C4H7IN2O2. The van der Waals surface area contributed by atoms with Crippen LogP contribution in [0.5, 0.6) is 0 Å². The molecule has 0 saturated heterocycles. The molecule has 0 aromatic rings. The van der Waals surface area contributed by atoms with Gasteiger partial charge in [-0.25, -0.2) is 0 Å². The summed E-state index contributed by atoms with van der Waals surface area (Å²) in [4.78, 5) is 20.5. The molecule has 9 heavy (non-hydrogen) atoms. The standard InChI is InChI=1S/C4H7IN2O2/c1-3(8)6-7-4(9)2-5/h2H2,1H3,(H,6,8)(H,7,9). The van der Waals surface area contributed by atoms with Crippen LogP contribution in [0.15, 0.2) is 0 Å². The van der Waals surface area contributed by atoms with Gasteiger partial charge in [-0.05, 0) is 0 Å². The first-order valence-corrected chi connectivity index (χ1v) is 3.80. The second-order valence-corrected chi connectivity index (χ2v) is 2.13. The molecule has 0 aromatic heterocycles. The first kappa shape index (κ1) is 8.67. The first-order chi connectivity index (χ1) is 4.16. The van der Waals surface area contributed by atoms with Crippen molar-refractivity contribution in [3.05, 3.63) is 0 Å². The fourth-order valence-corrected chi connectivity index (χ4v) is 0.382. The summed E-state index contributed by atoms with van der Waals surface area (Å²) >= 11 is 1.90. The summed E-state index contributed by atoms with van der Waals surface area (Å²) in [6.45, 7) is 1.33. The molecule has 0 unspecified atom stereocenters. The Hall–Kier alpha value is -0.330. The molecule has 0 aromatic carbocycles. The zero-order chi connectivity index (χ0) is 7.28.